The third-order valence-electron chi connectivity index (χ3n) is 2.03. The standard InChI is InChI=1S/C9H6ClN3O4S/c10-5-2-13(9(17)12-6(5)14)1-4-3-18-7(11-4)8(15)16/h2-3H,1H2,(H,15,16)(H,12,14,17). The van der Waals surface area contributed by atoms with Crippen LogP contribution in [0.25, 0.3) is 0 Å². The molecule has 18 heavy (non-hydrogen) atoms. The van der Waals surface area contributed by atoms with E-state index in [1.54, 1.807) is 0 Å². The number of aromatic amines is 1. The minimum Gasteiger partial charge on any atom is -0.476 e. The first-order valence-electron chi connectivity index (χ1n) is 4.64. The molecule has 9 heteroatoms. The first-order valence-corrected chi connectivity index (χ1v) is 5.90. The molecule has 0 aliphatic carbocycles. The van der Waals surface area contributed by atoms with Gasteiger partial charge in [-0.05, 0) is 0 Å². The molecule has 0 saturated carbocycles. The summed E-state index contributed by atoms with van der Waals surface area (Å²) in [4.78, 5) is 39.0. The summed E-state index contributed by atoms with van der Waals surface area (Å²) in [5.74, 6) is -1.13. The lowest BCUT2D eigenvalue weighted by molar-refractivity contribution is 0.0696. The molecule has 2 heterocycles. The highest BCUT2D eigenvalue weighted by molar-refractivity contribution is 7.11. The van der Waals surface area contributed by atoms with E-state index in [-0.39, 0.29) is 16.6 Å². The van der Waals surface area contributed by atoms with Gasteiger partial charge in [-0.3, -0.25) is 14.3 Å². The first-order chi connectivity index (χ1) is 8.47. The Kier molecular flexibility index (Phi) is 3.30. The fourth-order valence-electron chi connectivity index (χ4n) is 1.25. The number of thiazole rings is 1. The van der Waals surface area contributed by atoms with Crippen LogP contribution in [-0.2, 0) is 6.54 Å². The van der Waals surface area contributed by atoms with Crippen molar-refractivity contribution in [3.05, 3.63) is 48.1 Å². The maximum atomic E-state index is 11.4. The first kappa shape index (κ1) is 12.5. The van der Waals surface area contributed by atoms with Crippen molar-refractivity contribution in [2.75, 3.05) is 0 Å². The van der Waals surface area contributed by atoms with Crippen LogP contribution in [0, 0.1) is 0 Å². The van der Waals surface area contributed by atoms with E-state index in [1.807, 2.05) is 4.98 Å². The van der Waals surface area contributed by atoms with Crippen LogP contribution in [0.1, 0.15) is 15.5 Å². The van der Waals surface area contributed by atoms with Gasteiger partial charge in [-0.25, -0.2) is 14.6 Å². The van der Waals surface area contributed by atoms with Gasteiger partial charge in [-0.15, -0.1) is 11.3 Å². The van der Waals surface area contributed by atoms with Crippen LogP contribution >= 0.6 is 22.9 Å². The molecule has 0 radical (unpaired) electrons. The highest BCUT2D eigenvalue weighted by atomic mass is 35.5. The molecule has 2 aromatic rings. The van der Waals surface area contributed by atoms with E-state index in [0.717, 1.165) is 15.9 Å². The van der Waals surface area contributed by atoms with E-state index < -0.39 is 17.2 Å². The Labute approximate surface area is 108 Å². The summed E-state index contributed by atoms with van der Waals surface area (Å²) in [5, 5.41) is 10.0. The van der Waals surface area contributed by atoms with Crippen molar-refractivity contribution in [3.63, 3.8) is 0 Å². The van der Waals surface area contributed by atoms with Gasteiger partial charge in [0.05, 0.1) is 12.2 Å². The van der Waals surface area contributed by atoms with E-state index >= 15 is 0 Å². The number of halogens is 1. The molecular weight excluding hydrogens is 282 g/mol. The number of carboxylic acids is 1. The Hall–Kier alpha value is -1.93. The molecule has 2 rings (SSSR count). The van der Waals surface area contributed by atoms with Crippen LogP contribution in [0.15, 0.2) is 21.2 Å². The van der Waals surface area contributed by atoms with Crippen molar-refractivity contribution in [1.82, 2.24) is 14.5 Å². The largest absolute Gasteiger partial charge is 0.476 e. The summed E-state index contributed by atoms with van der Waals surface area (Å²) in [6.07, 6.45) is 1.18. The lowest BCUT2D eigenvalue weighted by Gasteiger charge is -2.02. The second-order valence-corrected chi connectivity index (χ2v) is 4.58. The molecule has 7 nitrogen and oxygen atoms in total. The van der Waals surface area contributed by atoms with Gasteiger partial charge in [0, 0.05) is 11.6 Å². The Bertz CT molecular complexity index is 717. The quantitative estimate of drug-likeness (QED) is 0.850. The topological polar surface area (TPSA) is 105 Å². The molecule has 0 spiro atoms. The Morgan fingerprint density at radius 1 is 1.56 bits per heavy atom. The average Bonchev–Trinajstić information content (AvgIpc) is 2.74. The van der Waals surface area contributed by atoms with E-state index in [1.165, 1.54) is 11.6 Å². The molecule has 0 aliphatic rings. The molecular formula is C9H6ClN3O4S. The number of hydrogen-bond acceptors (Lipinski definition) is 5. The monoisotopic (exact) mass is 287 g/mol. The highest BCUT2D eigenvalue weighted by Crippen LogP contribution is 2.10. The number of carbonyl (C=O) groups is 1. The summed E-state index contributed by atoms with van der Waals surface area (Å²) >= 11 is 6.55. The number of rotatable bonds is 3. The molecule has 0 aliphatic heterocycles. The summed E-state index contributed by atoms with van der Waals surface area (Å²) in [5.41, 5.74) is -0.890. The van der Waals surface area contributed by atoms with Gasteiger partial charge >= 0.3 is 11.7 Å². The number of nitrogens with one attached hydrogen (secondary N) is 1. The van der Waals surface area contributed by atoms with Gasteiger partial charge in [0.15, 0.2) is 0 Å². The van der Waals surface area contributed by atoms with Gasteiger partial charge in [0.25, 0.3) is 5.56 Å². The van der Waals surface area contributed by atoms with Gasteiger partial charge in [0.1, 0.15) is 5.02 Å². The van der Waals surface area contributed by atoms with Crippen molar-refractivity contribution in [2.45, 2.75) is 6.54 Å². The third-order valence-corrected chi connectivity index (χ3v) is 3.18. The van der Waals surface area contributed by atoms with Crippen LogP contribution in [0.2, 0.25) is 5.02 Å². The molecule has 0 aromatic carbocycles. The minimum absolute atomic E-state index is 0.0408. The molecule has 0 bridgehead atoms. The van der Waals surface area contributed by atoms with Gasteiger partial charge in [-0.1, -0.05) is 11.6 Å². The Morgan fingerprint density at radius 2 is 2.28 bits per heavy atom. The number of aromatic nitrogens is 3. The Balaban J connectivity index is 2.34. The van der Waals surface area contributed by atoms with Crippen molar-refractivity contribution in [2.24, 2.45) is 0 Å². The molecule has 0 atom stereocenters. The van der Waals surface area contributed by atoms with Crippen LogP contribution < -0.4 is 11.2 Å². The third kappa shape index (κ3) is 2.49. The Morgan fingerprint density at radius 3 is 2.89 bits per heavy atom. The van der Waals surface area contributed by atoms with Crippen molar-refractivity contribution >= 4 is 28.9 Å². The van der Waals surface area contributed by atoms with Crippen molar-refractivity contribution in [3.8, 4) is 0 Å². The molecule has 0 amide bonds. The second kappa shape index (κ2) is 4.75. The van der Waals surface area contributed by atoms with E-state index in [9.17, 15) is 14.4 Å². The lowest BCUT2D eigenvalue weighted by atomic mass is 10.4. The van der Waals surface area contributed by atoms with Gasteiger partial charge in [0.2, 0.25) is 5.01 Å². The van der Waals surface area contributed by atoms with Crippen molar-refractivity contribution < 1.29 is 9.90 Å². The number of H-pyrrole nitrogens is 1. The van der Waals surface area contributed by atoms with E-state index in [2.05, 4.69) is 4.98 Å². The number of aromatic carboxylic acids is 1. The molecule has 0 saturated heterocycles. The summed E-state index contributed by atoms with van der Waals surface area (Å²) < 4.78 is 1.14. The molecule has 94 valence electrons. The lowest BCUT2D eigenvalue weighted by Crippen LogP contribution is -2.30. The van der Waals surface area contributed by atoms with Crippen molar-refractivity contribution in [1.29, 1.82) is 0 Å². The SMILES string of the molecule is O=C(O)c1nc(Cn2cc(Cl)c(=O)[nH]c2=O)cs1. The maximum Gasteiger partial charge on any atom is 0.365 e. The highest BCUT2D eigenvalue weighted by Gasteiger charge is 2.10. The summed E-state index contributed by atoms with van der Waals surface area (Å²) in [6, 6.07) is 0. The number of hydrogen-bond donors (Lipinski definition) is 2. The van der Waals surface area contributed by atoms with E-state index in [0.29, 0.717) is 5.69 Å². The van der Waals surface area contributed by atoms with Gasteiger partial charge < -0.3 is 5.11 Å². The van der Waals surface area contributed by atoms with Crippen LogP contribution in [-0.4, -0.2) is 25.6 Å². The van der Waals surface area contributed by atoms with Crippen LogP contribution in [0.5, 0.6) is 0 Å². The fourth-order valence-corrected chi connectivity index (χ4v) is 2.06. The van der Waals surface area contributed by atoms with Gasteiger partial charge in [-0.2, -0.15) is 0 Å². The smallest absolute Gasteiger partial charge is 0.365 e. The number of carboxylic acid groups (broad SMARTS) is 1. The predicted molar refractivity (Wildman–Crippen MR) is 64.5 cm³/mol. The van der Waals surface area contributed by atoms with E-state index in [4.69, 9.17) is 16.7 Å². The average molecular weight is 288 g/mol. The zero-order valence-corrected chi connectivity index (χ0v) is 10.3. The summed E-state index contributed by atoms with van der Waals surface area (Å²) in [6.45, 7) is 0.0408. The summed E-state index contributed by atoms with van der Waals surface area (Å²) in [7, 11) is 0. The zero-order valence-electron chi connectivity index (χ0n) is 8.71. The number of nitrogens with zero attached hydrogens (tertiary/aromatic N) is 2. The van der Waals surface area contributed by atoms with Crippen LogP contribution in [0.3, 0.4) is 0 Å². The molecule has 0 fully saturated rings. The maximum absolute atomic E-state index is 11.4. The second-order valence-electron chi connectivity index (χ2n) is 3.31. The fraction of sp³-hybridized carbons (Fsp3) is 0.111. The van der Waals surface area contributed by atoms with Crippen LogP contribution in [0.4, 0.5) is 0 Å². The zero-order chi connectivity index (χ0) is 13.3. The molecule has 2 N–H and O–H groups in total. The molecule has 0 unspecified atom stereocenters. The normalized spacial score (nSPS) is 10.5. The minimum atomic E-state index is -1.13. The predicted octanol–water partition coefficient (Wildman–Crippen LogP) is 0.393. The molecule has 2 aromatic heterocycles.